The van der Waals surface area contributed by atoms with Gasteiger partial charge in [-0.3, -0.25) is 0 Å². The number of aromatic nitrogens is 1. The van der Waals surface area contributed by atoms with Crippen LogP contribution in [0.25, 0.3) is 10.9 Å². The molecule has 5 heteroatoms. The summed E-state index contributed by atoms with van der Waals surface area (Å²) in [6.45, 7) is 15.2. The van der Waals surface area contributed by atoms with Gasteiger partial charge in [-0.15, -0.1) is 0 Å². The van der Waals surface area contributed by atoms with Gasteiger partial charge in [-0.2, -0.15) is 0 Å². The third-order valence-corrected chi connectivity index (χ3v) is 4.38. The minimum Gasteiger partial charge on any atom is -0.491 e. The van der Waals surface area contributed by atoms with Gasteiger partial charge in [-0.05, 0) is 58.6 Å². The Morgan fingerprint density at radius 3 is 2.36 bits per heavy atom. The van der Waals surface area contributed by atoms with Gasteiger partial charge in [0.1, 0.15) is 0 Å². The molecule has 1 aromatic carbocycles. The maximum Gasteiger partial charge on any atom is 0.174 e. The zero-order valence-electron chi connectivity index (χ0n) is 18.3. The van der Waals surface area contributed by atoms with Gasteiger partial charge in [0.15, 0.2) is 17.2 Å². The molecule has 0 fully saturated rings. The maximum absolute atomic E-state index is 6.04. The van der Waals surface area contributed by atoms with E-state index in [1.807, 2.05) is 32.9 Å². The Bertz CT molecular complexity index is 778. The number of hydrogen-bond donors (Lipinski definition) is 2. The lowest BCUT2D eigenvalue weighted by Crippen LogP contribution is -2.14. The quantitative estimate of drug-likeness (QED) is 0.475. The largest absolute Gasteiger partial charge is 0.491 e. The van der Waals surface area contributed by atoms with Crippen molar-refractivity contribution in [2.45, 2.75) is 54.4 Å². The van der Waals surface area contributed by atoms with Gasteiger partial charge in [0.25, 0.3) is 0 Å². The van der Waals surface area contributed by atoms with Gasteiger partial charge in [0, 0.05) is 12.2 Å². The first-order valence-electron chi connectivity index (χ1n) is 10.5. The standard InChI is InChI=1S/C23H36N2O3/c1-7-26-20-13-12-18-21(23(20)28-9-3)22(27-8-2)19(25-18)11-10-14-24-17(6)15-16(4)5/h12-13,15-16,24-25H,7-11,14H2,1-6H3. The van der Waals surface area contributed by atoms with Crippen LogP contribution >= 0.6 is 0 Å². The summed E-state index contributed by atoms with van der Waals surface area (Å²) in [7, 11) is 0. The van der Waals surface area contributed by atoms with Crippen LogP contribution in [-0.2, 0) is 6.42 Å². The second-order valence-electron chi connectivity index (χ2n) is 7.17. The van der Waals surface area contributed by atoms with E-state index in [-0.39, 0.29) is 0 Å². The molecule has 1 aromatic heterocycles. The molecule has 28 heavy (non-hydrogen) atoms. The van der Waals surface area contributed by atoms with Crippen molar-refractivity contribution in [1.29, 1.82) is 0 Å². The Balaban J connectivity index is 2.25. The number of fused-ring (bicyclic) bond motifs is 1. The molecule has 0 atom stereocenters. The molecule has 0 unspecified atom stereocenters. The van der Waals surface area contributed by atoms with Crippen molar-refractivity contribution in [2.24, 2.45) is 5.92 Å². The molecule has 2 N–H and O–H groups in total. The van der Waals surface area contributed by atoms with Gasteiger partial charge < -0.3 is 24.5 Å². The number of H-pyrrole nitrogens is 1. The summed E-state index contributed by atoms with van der Waals surface area (Å²) in [5.41, 5.74) is 3.37. The highest BCUT2D eigenvalue weighted by Crippen LogP contribution is 2.43. The molecule has 0 saturated heterocycles. The van der Waals surface area contributed by atoms with Gasteiger partial charge in [-0.25, -0.2) is 0 Å². The molecule has 0 amide bonds. The first-order valence-corrected chi connectivity index (χ1v) is 10.5. The van der Waals surface area contributed by atoms with Crippen molar-refractivity contribution in [1.82, 2.24) is 10.3 Å². The average Bonchev–Trinajstić information content (AvgIpc) is 2.99. The highest BCUT2D eigenvalue weighted by atomic mass is 16.5. The molecule has 0 saturated carbocycles. The number of aromatic amines is 1. The van der Waals surface area contributed by atoms with E-state index in [1.54, 1.807) is 0 Å². The number of rotatable bonds is 12. The van der Waals surface area contributed by atoms with E-state index in [1.165, 1.54) is 5.70 Å². The molecule has 0 radical (unpaired) electrons. The molecule has 1 heterocycles. The average molecular weight is 389 g/mol. The zero-order chi connectivity index (χ0) is 20.5. The van der Waals surface area contributed by atoms with Crippen molar-refractivity contribution in [3.8, 4) is 17.2 Å². The van der Waals surface area contributed by atoms with Crippen molar-refractivity contribution < 1.29 is 14.2 Å². The number of aryl methyl sites for hydroxylation is 1. The third-order valence-electron chi connectivity index (χ3n) is 4.38. The minimum atomic E-state index is 0.558. The predicted octanol–water partition coefficient (Wildman–Crippen LogP) is 5.45. The normalized spacial score (nSPS) is 11.9. The Kier molecular flexibility index (Phi) is 8.55. The van der Waals surface area contributed by atoms with Crippen molar-refractivity contribution in [2.75, 3.05) is 26.4 Å². The van der Waals surface area contributed by atoms with Crippen molar-refractivity contribution in [3.05, 3.63) is 29.6 Å². The molecule has 2 aromatic rings. The molecule has 0 aliphatic carbocycles. The van der Waals surface area contributed by atoms with Crippen LogP contribution in [0.2, 0.25) is 0 Å². The smallest absolute Gasteiger partial charge is 0.174 e. The highest BCUT2D eigenvalue weighted by Gasteiger charge is 2.20. The molecule has 0 aliphatic heterocycles. The van der Waals surface area contributed by atoms with Crippen molar-refractivity contribution >= 4 is 10.9 Å². The van der Waals surface area contributed by atoms with Crippen LogP contribution in [0.3, 0.4) is 0 Å². The van der Waals surface area contributed by atoms with Gasteiger partial charge >= 0.3 is 0 Å². The maximum atomic E-state index is 6.04. The van der Waals surface area contributed by atoms with Crippen LogP contribution in [0.4, 0.5) is 0 Å². The van der Waals surface area contributed by atoms with Gasteiger partial charge in [-0.1, -0.05) is 19.9 Å². The van der Waals surface area contributed by atoms with Gasteiger partial charge in [0.2, 0.25) is 0 Å². The Morgan fingerprint density at radius 1 is 1.04 bits per heavy atom. The summed E-state index contributed by atoms with van der Waals surface area (Å²) in [5.74, 6) is 2.97. The molecular formula is C23H36N2O3. The van der Waals surface area contributed by atoms with Crippen LogP contribution in [0.1, 0.15) is 53.7 Å². The summed E-state index contributed by atoms with van der Waals surface area (Å²) in [4.78, 5) is 3.53. The molecule has 5 nitrogen and oxygen atoms in total. The Morgan fingerprint density at radius 2 is 1.71 bits per heavy atom. The van der Waals surface area contributed by atoms with E-state index in [2.05, 4.69) is 37.1 Å². The summed E-state index contributed by atoms with van der Waals surface area (Å²) in [5, 5.41) is 4.47. The predicted molar refractivity (Wildman–Crippen MR) is 117 cm³/mol. The molecule has 156 valence electrons. The molecule has 2 rings (SSSR count). The van der Waals surface area contributed by atoms with Gasteiger partial charge in [0.05, 0.1) is 36.4 Å². The molecular weight excluding hydrogens is 352 g/mol. The summed E-state index contributed by atoms with van der Waals surface area (Å²) in [6.07, 6.45) is 4.16. The molecule has 0 bridgehead atoms. The summed E-state index contributed by atoms with van der Waals surface area (Å²) in [6, 6.07) is 4.01. The third kappa shape index (κ3) is 5.60. The molecule has 0 aliphatic rings. The Hall–Kier alpha value is -2.30. The topological polar surface area (TPSA) is 55.5 Å². The lowest BCUT2D eigenvalue weighted by Gasteiger charge is -2.13. The lowest BCUT2D eigenvalue weighted by molar-refractivity contribution is 0.289. The Labute approximate surface area is 169 Å². The lowest BCUT2D eigenvalue weighted by atomic mass is 10.1. The molecule has 0 spiro atoms. The highest BCUT2D eigenvalue weighted by molar-refractivity contribution is 5.95. The van der Waals surface area contributed by atoms with E-state index in [0.29, 0.717) is 25.7 Å². The van der Waals surface area contributed by atoms with E-state index >= 15 is 0 Å². The number of allylic oxidation sites excluding steroid dienone is 2. The second kappa shape index (κ2) is 10.9. The number of benzene rings is 1. The van der Waals surface area contributed by atoms with Crippen molar-refractivity contribution in [3.63, 3.8) is 0 Å². The summed E-state index contributed by atoms with van der Waals surface area (Å²) >= 11 is 0. The van der Waals surface area contributed by atoms with Crippen LogP contribution in [0, 0.1) is 5.92 Å². The van der Waals surface area contributed by atoms with Crippen LogP contribution in [0.5, 0.6) is 17.2 Å². The number of hydrogen-bond acceptors (Lipinski definition) is 4. The summed E-state index contributed by atoms with van der Waals surface area (Å²) < 4.78 is 17.8. The van der Waals surface area contributed by atoms with Crippen LogP contribution < -0.4 is 19.5 Å². The van der Waals surface area contributed by atoms with Crippen LogP contribution in [-0.4, -0.2) is 31.3 Å². The number of ether oxygens (including phenoxy) is 3. The van der Waals surface area contributed by atoms with E-state index < -0.39 is 0 Å². The fourth-order valence-corrected chi connectivity index (χ4v) is 3.41. The second-order valence-corrected chi connectivity index (χ2v) is 7.17. The van der Waals surface area contributed by atoms with E-state index in [9.17, 15) is 0 Å². The van der Waals surface area contributed by atoms with E-state index in [0.717, 1.165) is 53.2 Å². The number of nitrogens with one attached hydrogen (secondary N) is 2. The zero-order valence-corrected chi connectivity index (χ0v) is 18.3. The van der Waals surface area contributed by atoms with Crippen LogP contribution in [0.15, 0.2) is 23.9 Å². The monoisotopic (exact) mass is 388 g/mol. The first-order chi connectivity index (χ1) is 13.5. The fraction of sp³-hybridized carbons (Fsp3) is 0.565. The SMILES string of the molecule is CCOc1ccc2[nH]c(CCCNC(C)=CC(C)C)c(OCC)c2c1OCC. The fourth-order valence-electron chi connectivity index (χ4n) is 3.41. The first kappa shape index (κ1) is 22.0. The minimum absolute atomic E-state index is 0.558. The van der Waals surface area contributed by atoms with E-state index in [4.69, 9.17) is 14.2 Å².